The van der Waals surface area contributed by atoms with Gasteiger partial charge in [0.15, 0.2) is 17.5 Å². The Morgan fingerprint density at radius 2 is 1.92 bits per heavy atom. The summed E-state index contributed by atoms with van der Waals surface area (Å²) in [6.45, 7) is 5.57. The maximum Gasteiger partial charge on any atom is 0.191 e. The molecule has 0 unspecified atom stereocenters. The van der Waals surface area contributed by atoms with Crippen molar-refractivity contribution in [3.63, 3.8) is 0 Å². The van der Waals surface area contributed by atoms with E-state index in [4.69, 9.17) is 9.47 Å². The minimum Gasteiger partial charge on any atom is -0.493 e. The van der Waals surface area contributed by atoms with Crippen molar-refractivity contribution in [3.05, 3.63) is 39.3 Å². The van der Waals surface area contributed by atoms with Gasteiger partial charge in [-0.3, -0.25) is 4.99 Å². The molecule has 25 heavy (non-hydrogen) atoms. The summed E-state index contributed by atoms with van der Waals surface area (Å²) in [5.74, 6) is 2.26. The van der Waals surface area contributed by atoms with Gasteiger partial charge in [0.25, 0.3) is 0 Å². The molecule has 0 aliphatic rings. The van der Waals surface area contributed by atoms with E-state index in [1.54, 1.807) is 32.6 Å². The monoisotopic (exact) mass is 362 g/mol. The molecule has 1 aromatic carbocycles. The van der Waals surface area contributed by atoms with E-state index in [2.05, 4.69) is 27.5 Å². The smallest absolute Gasteiger partial charge is 0.191 e. The van der Waals surface area contributed by atoms with Crippen molar-refractivity contribution in [2.75, 3.05) is 27.8 Å². The van der Waals surface area contributed by atoms with E-state index >= 15 is 0 Å². The third kappa shape index (κ3) is 5.35. The standard InChI is InChI=1S/C18H26N4O2S/c1-12-13(2)25-17(22-12)11-21-18(19-3)20-9-8-14-6-7-15(23-4)16(10-14)24-5/h6-7,10H,8-9,11H2,1-5H3,(H2,19,20,21). The number of ether oxygens (including phenoxy) is 2. The zero-order chi connectivity index (χ0) is 18.2. The van der Waals surface area contributed by atoms with E-state index < -0.39 is 0 Å². The Bertz CT molecular complexity index is 708. The van der Waals surface area contributed by atoms with Gasteiger partial charge in [-0.05, 0) is 38.0 Å². The molecule has 0 aliphatic heterocycles. The molecule has 2 N–H and O–H groups in total. The Kier molecular flexibility index (Phi) is 7.06. The highest BCUT2D eigenvalue weighted by Gasteiger charge is 2.06. The molecule has 1 aromatic heterocycles. The number of thiazole rings is 1. The third-order valence-electron chi connectivity index (χ3n) is 3.86. The molecular weight excluding hydrogens is 336 g/mol. The second-order valence-corrected chi connectivity index (χ2v) is 6.83. The van der Waals surface area contributed by atoms with E-state index in [1.165, 1.54) is 10.4 Å². The highest BCUT2D eigenvalue weighted by atomic mass is 32.1. The molecule has 136 valence electrons. The fourth-order valence-corrected chi connectivity index (χ4v) is 3.23. The van der Waals surface area contributed by atoms with Crippen LogP contribution in [0.4, 0.5) is 0 Å². The van der Waals surface area contributed by atoms with Crippen LogP contribution >= 0.6 is 11.3 Å². The van der Waals surface area contributed by atoms with Crippen LogP contribution < -0.4 is 20.1 Å². The lowest BCUT2D eigenvalue weighted by atomic mass is 10.1. The van der Waals surface area contributed by atoms with Crippen LogP contribution in [0.2, 0.25) is 0 Å². The van der Waals surface area contributed by atoms with Crippen molar-refractivity contribution < 1.29 is 9.47 Å². The first-order valence-corrected chi connectivity index (χ1v) is 8.97. The molecule has 0 fully saturated rings. The topological polar surface area (TPSA) is 67.8 Å². The van der Waals surface area contributed by atoms with Crippen LogP contribution in [0.5, 0.6) is 11.5 Å². The molecule has 0 atom stereocenters. The Morgan fingerprint density at radius 3 is 2.52 bits per heavy atom. The second-order valence-electron chi connectivity index (χ2n) is 5.54. The second kappa shape index (κ2) is 9.27. The van der Waals surface area contributed by atoms with Crippen molar-refractivity contribution in [2.45, 2.75) is 26.8 Å². The highest BCUT2D eigenvalue weighted by Crippen LogP contribution is 2.27. The van der Waals surface area contributed by atoms with Gasteiger partial charge in [0.05, 0.1) is 26.5 Å². The van der Waals surface area contributed by atoms with Gasteiger partial charge < -0.3 is 20.1 Å². The highest BCUT2D eigenvalue weighted by molar-refractivity contribution is 7.11. The van der Waals surface area contributed by atoms with Gasteiger partial charge in [0, 0.05) is 18.5 Å². The average Bonchev–Trinajstić information content (AvgIpc) is 2.95. The number of methoxy groups -OCH3 is 2. The summed E-state index contributed by atoms with van der Waals surface area (Å²) < 4.78 is 10.6. The SMILES string of the molecule is CN=C(NCCc1ccc(OC)c(OC)c1)NCc1nc(C)c(C)s1. The maximum atomic E-state index is 5.34. The number of hydrogen-bond donors (Lipinski definition) is 2. The van der Waals surface area contributed by atoms with Gasteiger partial charge in [0.2, 0.25) is 0 Å². The van der Waals surface area contributed by atoms with Crippen LogP contribution in [-0.2, 0) is 13.0 Å². The first-order valence-electron chi connectivity index (χ1n) is 8.15. The summed E-state index contributed by atoms with van der Waals surface area (Å²) in [5, 5.41) is 7.68. The number of rotatable bonds is 7. The van der Waals surface area contributed by atoms with Gasteiger partial charge in [-0.2, -0.15) is 0 Å². The minimum atomic E-state index is 0.676. The Balaban J connectivity index is 1.82. The molecule has 0 amide bonds. The first kappa shape index (κ1) is 19.1. The molecule has 0 aliphatic carbocycles. The number of benzene rings is 1. The van der Waals surface area contributed by atoms with Crippen LogP contribution in [-0.4, -0.2) is 38.8 Å². The van der Waals surface area contributed by atoms with Crippen molar-refractivity contribution in [2.24, 2.45) is 4.99 Å². The lowest BCUT2D eigenvalue weighted by Gasteiger charge is -2.12. The summed E-state index contributed by atoms with van der Waals surface area (Å²) in [4.78, 5) is 10.0. The number of aromatic nitrogens is 1. The molecule has 0 saturated heterocycles. The molecule has 7 heteroatoms. The third-order valence-corrected chi connectivity index (χ3v) is 4.93. The summed E-state index contributed by atoms with van der Waals surface area (Å²) in [6, 6.07) is 5.96. The molecule has 2 aromatic rings. The van der Waals surface area contributed by atoms with Crippen LogP contribution in [0.25, 0.3) is 0 Å². The average molecular weight is 362 g/mol. The quantitative estimate of drug-likeness (QED) is 0.585. The maximum absolute atomic E-state index is 5.34. The molecule has 2 rings (SSSR count). The van der Waals surface area contributed by atoms with E-state index in [0.717, 1.165) is 41.1 Å². The number of nitrogens with zero attached hydrogens (tertiary/aromatic N) is 2. The first-order chi connectivity index (χ1) is 12.1. The number of hydrogen-bond acceptors (Lipinski definition) is 5. The fraction of sp³-hybridized carbons (Fsp3) is 0.444. The van der Waals surface area contributed by atoms with Crippen molar-refractivity contribution in [1.82, 2.24) is 15.6 Å². The van der Waals surface area contributed by atoms with Crippen LogP contribution in [0, 0.1) is 13.8 Å². The molecular formula is C18H26N4O2S. The van der Waals surface area contributed by atoms with Crippen molar-refractivity contribution in [3.8, 4) is 11.5 Å². The van der Waals surface area contributed by atoms with Crippen molar-refractivity contribution >= 4 is 17.3 Å². The lowest BCUT2D eigenvalue weighted by Crippen LogP contribution is -2.37. The molecule has 0 spiro atoms. The van der Waals surface area contributed by atoms with E-state index in [9.17, 15) is 0 Å². The molecule has 6 nitrogen and oxygen atoms in total. The van der Waals surface area contributed by atoms with E-state index in [1.807, 2.05) is 25.1 Å². The van der Waals surface area contributed by atoms with Gasteiger partial charge in [0.1, 0.15) is 5.01 Å². The Hall–Kier alpha value is -2.28. The summed E-state index contributed by atoms with van der Waals surface area (Å²) in [5.41, 5.74) is 2.27. The number of aliphatic imine (C=N–C) groups is 1. The van der Waals surface area contributed by atoms with E-state index in [0.29, 0.717) is 6.54 Å². The predicted octanol–water partition coefficient (Wildman–Crippen LogP) is 2.68. The van der Waals surface area contributed by atoms with Gasteiger partial charge in [-0.1, -0.05) is 6.07 Å². The summed E-state index contributed by atoms with van der Waals surface area (Å²) in [6.07, 6.45) is 0.858. The molecule has 0 bridgehead atoms. The predicted molar refractivity (Wildman–Crippen MR) is 103 cm³/mol. The van der Waals surface area contributed by atoms with Gasteiger partial charge >= 0.3 is 0 Å². The zero-order valence-electron chi connectivity index (χ0n) is 15.5. The number of nitrogens with one attached hydrogen (secondary N) is 2. The lowest BCUT2D eigenvalue weighted by molar-refractivity contribution is 0.354. The van der Waals surface area contributed by atoms with Gasteiger partial charge in [-0.25, -0.2) is 4.98 Å². The molecule has 0 saturated carbocycles. The van der Waals surface area contributed by atoms with Crippen LogP contribution in [0.1, 0.15) is 21.1 Å². The number of aryl methyl sites for hydroxylation is 2. The Morgan fingerprint density at radius 1 is 1.16 bits per heavy atom. The van der Waals surface area contributed by atoms with Crippen LogP contribution in [0.3, 0.4) is 0 Å². The van der Waals surface area contributed by atoms with Gasteiger partial charge in [-0.15, -0.1) is 11.3 Å². The molecule has 0 radical (unpaired) electrons. The van der Waals surface area contributed by atoms with Crippen molar-refractivity contribution in [1.29, 1.82) is 0 Å². The molecule has 1 heterocycles. The van der Waals surface area contributed by atoms with Crippen LogP contribution in [0.15, 0.2) is 23.2 Å². The summed E-state index contributed by atoms with van der Waals surface area (Å²) in [7, 11) is 5.05. The fourth-order valence-electron chi connectivity index (χ4n) is 2.36. The number of guanidine groups is 1. The minimum absolute atomic E-state index is 0.676. The van der Waals surface area contributed by atoms with E-state index in [-0.39, 0.29) is 0 Å². The zero-order valence-corrected chi connectivity index (χ0v) is 16.3. The normalized spacial score (nSPS) is 11.3. The Labute approximate surface area is 153 Å². The summed E-state index contributed by atoms with van der Waals surface area (Å²) >= 11 is 1.71. The largest absolute Gasteiger partial charge is 0.493 e.